The molecule has 3 rings (SSSR count). The summed E-state index contributed by atoms with van der Waals surface area (Å²) < 4.78 is 35.8. The monoisotopic (exact) mass is 496 g/mol. The van der Waals surface area contributed by atoms with Crippen molar-refractivity contribution in [1.82, 2.24) is 14.8 Å². The summed E-state index contributed by atoms with van der Waals surface area (Å²) in [6.45, 7) is 4.20. The highest BCUT2D eigenvalue weighted by atomic mass is 79.9. The molecule has 30 heavy (non-hydrogen) atoms. The van der Waals surface area contributed by atoms with Gasteiger partial charge in [-0.25, -0.2) is 8.78 Å². The number of rotatable bonds is 8. The maximum Gasteiger partial charge on any atom is 0.234 e. The van der Waals surface area contributed by atoms with Gasteiger partial charge in [-0.3, -0.25) is 4.79 Å². The van der Waals surface area contributed by atoms with Crippen molar-refractivity contribution in [3.63, 3.8) is 0 Å². The van der Waals surface area contributed by atoms with Gasteiger partial charge in [0.2, 0.25) is 5.91 Å². The summed E-state index contributed by atoms with van der Waals surface area (Å²) in [6.07, 6.45) is -0.547. The molecule has 0 bridgehead atoms. The van der Waals surface area contributed by atoms with Crippen LogP contribution in [0.1, 0.15) is 25.8 Å². The molecule has 1 heterocycles. The number of amides is 1. The summed E-state index contributed by atoms with van der Waals surface area (Å²) in [7, 11) is 0. The van der Waals surface area contributed by atoms with Crippen LogP contribution in [0.15, 0.2) is 52.1 Å². The molecule has 1 N–H and O–H groups in total. The third kappa shape index (κ3) is 5.37. The van der Waals surface area contributed by atoms with Crippen molar-refractivity contribution in [3.05, 3.63) is 64.4 Å². The Kier molecular flexibility index (Phi) is 7.43. The number of benzene rings is 2. The van der Waals surface area contributed by atoms with Gasteiger partial charge >= 0.3 is 0 Å². The SMILES string of the molecule is CCn1c(SCC(=O)Nc2ccc(Br)cc2F)nnc1C(C)Oc1ccccc1F. The third-order valence-corrected chi connectivity index (χ3v) is 5.56. The van der Waals surface area contributed by atoms with Crippen LogP contribution >= 0.6 is 27.7 Å². The summed E-state index contributed by atoms with van der Waals surface area (Å²) in [5.74, 6) is -0.692. The van der Waals surface area contributed by atoms with E-state index < -0.39 is 17.7 Å². The fourth-order valence-corrected chi connectivity index (χ4v) is 3.84. The van der Waals surface area contributed by atoms with Gasteiger partial charge in [0, 0.05) is 11.0 Å². The number of carbonyl (C=O) groups excluding carboxylic acids is 1. The van der Waals surface area contributed by atoms with Gasteiger partial charge in [0.05, 0.1) is 11.4 Å². The minimum atomic E-state index is -0.547. The summed E-state index contributed by atoms with van der Waals surface area (Å²) in [6, 6.07) is 10.5. The molecule has 0 aliphatic heterocycles. The van der Waals surface area contributed by atoms with Crippen molar-refractivity contribution in [2.75, 3.05) is 11.1 Å². The molecule has 0 aliphatic carbocycles. The fraction of sp³-hybridized carbons (Fsp3) is 0.250. The van der Waals surface area contributed by atoms with Crippen molar-refractivity contribution in [1.29, 1.82) is 0 Å². The molecule has 0 radical (unpaired) electrons. The topological polar surface area (TPSA) is 69.0 Å². The second-order valence-corrected chi connectivity index (χ2v) is 8.09. The number of aromatic nitrogens is 3. The fourth-order valence-electron chi connectivity index (χ4n) is 2.70. The normalized spacial score (nSPS) is 11.9. The minimum absolute atomic E-state index is 0.0240. The van der Waals surface area contributed by atoms with E-state index in [0.717, 1.165) is 0 Å². The van der Waals surface area contributed by atoms with Gasteiger partial charge in [0.1, 0.15) is 5.82 Å². The van der Waals surface area contributed by atoms with E-state index >= 15 is 0 Å². The van der Waals surface area contributed by atoms with Crippen molar-refractivity contribution in [2.24, 2.45) is 0 Å². The Bertz CT molecular complexity index is 1050. The molecule has 1 atom stereocenters. The number of nitrogens with zero attached hydrogens (tertiary/aromatic N) is 3. The number of ether oxygens (including phenoxy) is 1. The van der Waals surface area contributed by atoms with Crippen molar-refractivity contribution in [3.8, 4) is 5.75 Å². The first-order valence-corrected chi connectivity index (χ1v) is 10.9. The standard InChI is InChI=1S/C20H19BrF2N4O2S/c1-3-27-19(12(2)29-17-7-5-4-6-14(17)22)25-26-20(27)30-11-18(28)24-16-9-8-13(21)10-15(16)23/h4-10,12H,3,11H2,1-2H3,(H,24,28). The zero-order valence-corrected chi connectivity index (χ0v) is 18.6. The molecule has 0 saturated heterocycles. The van der Waals surface area contributed by atoms with E-state index in [2.05, 4.69) is 31.4 Å². The van der Waals surface area contributed by atoms with Crippen LogP contribution in [-0.4, -0.2) is 26.4 Å². The number of thioether (sulfide) groups is 1. The largest absolute Gasteiger partial charge is 0.480 e. The number of para-hydroxylation sites is 1. The first-order valence-electron chi connectivity index (χ1n) is 9.11. The predicted octanol–water partition coefficient (Wildman–Crippen LogP) is 5.21. The van der Waals surface area contributed by atoms with Gasteiger partial charge < -0.3 is 14.6 Å². The zero-order valence-electron chi connectivity index (χ0n) is 16.2. The second kappa shape index (κ2) is 10.0. The maximum atomic E-state index is 13.9. The van der Waals surface area contributed by atoms with E-state index in [-0.39, 0.29) is 23.1 Å². The minimum Gasteiger partial charge on any atom is -0.480 e. The van der Waals surface area contributed by atoms with Gasteiger partial charge in [-0.2, -0.15) is 0 Å². The molecule has 0 aliphatic rings. The van der Waals surface area contributed by atoms with E-state index in [1.54, 1.807) is 35.8 Å². The van der Waals surface area contributed by atoms with Crippen LogP contribution in [-0.2, 0) is 11.3 Å². The third-order valence-electron chi connectivity index (χ3n) is 4.10. The summed E-state index contributed by atoms with van der Waals surface area (Å²) in [4.78, 5) is 12.2. The lowest BCUT2D eigenvalue weighted by atomic mass is 10.3. The molecule has 158 valence electrons. The molecule has 10 heteroatoms. The van der Waals surface area contributed by atoms with Gasteiger partial charge in [0.15, 0.2) is 28.7 Å². The lowest BCUT2D eigenvalue weighted by Gasteiger charge is -2.16. The number of hydrogen-bond donors (Lipinski definition) is 1. The van der Waals surface area contributed by atoms with Gasteiger partial charge in [0.25, 0.3) is 0 Å². The molecule has 0 spiro atoms. The Labute approximate surface area is 185 Å². The van der Waals surface area contributed by atoms with Gasteiger partial charge in [-0.15, -0.1) is 10.2 Å². The van der Waals surface area contributed by atoms with Crippen LogP contribution in [0.3, 0.4) is 0 Å². The van der Waals surface area contributed by atoms with Crippen LogP contribution < -0.4 is 10.1 Å². The van der Waals surface area contributed by atoms with E-state index in [1.165, 1.54) is 30.0 Å². The van der Waals surface area contributed by atoms with Gasteiger partial charge in [-0.1, -0.05) is 39.8 Å². The van der Waals surface area contributed by atoms with Crippen LogP contribution in [0.4, 0.5) is 14.5 Å². The average molecular weight is 497 g/mol. The Morgan fingerprint density at radius 1 is 1.23 bits per heavy atom. The Morgan fingerprint density at radius 3 is 2.70 bits per heavy atom. The van der Waals surface area contributed by atoms with E-state index in [9.17, 15) is 13.6 Å². The number of nitrogens with one attached hydrogen (secondary N) is 1. The Hall–Kier alpha value is -2.46. The first kappa shape index (κ1) is 22.2. The average Bonchev–Trinajstić information content (AvgIpc) is 3.13. The van der Waals surface area contributed by atoms with E-state index in [0.29, 0.717) is 22.0 Å². The van der Waals surface area contributed by atoms with Crippen molar-refractivity contribution < 1.29 is 18.3 Å². The molecule has 6 nitrogen and oxygen atoms in total. The molecule has 1 amide bonds. The predicted molar refractivity (Wildman–Crippen MR) is 115 cm³/mol. The first-order chi connectivity index (χ1) is 14.4. The highest BCUT2D eigenvalue weighted by Crippen LogP contribution is 2.26. The number of hydrogen-bond acceptors (Lipinski definition) is 5. The summed E-state index contributed by atoms with van der Waals surface area (Å²) in [5, 5.41) is 11.3. The molecular formula is C20H19BrF2N4O2S. The summed E-state index contributed by atoms with van der Waals surface area (Å²) >= 11 is 4.34. The number of carbonyl (C=O) groups is 1. The Morgan fingerprint density at radius 2 is 2.00 bits per heavy atom. The molecular weight excluding hydrogens is 478 g/mol. The molecule has 2 aromatic carbocycles. The zero-order chi connectivity index (χ0) is 21.7. The molecule has 1 aromatic heterocycles. The lowest BCUT2D eigenvalue weighted by Crippen LogP contribution is -2.16. The summed E-state index contributed by atoms with van der Waals surface area (Å²) in [5.41, 5.74) is 0.105. The quantitative estimate of drug-likeness (QED) is 0.433. The highest BCUT2D eigenvalue weighted by Gasteiger charge is 2.20. The Balaban J connectivity index is 1.65. The van der Waals surface area contributed by atoms with Crippen LogP contribution in [0, 0.1) is 11.6 Å². The van der Waals surface area contributed by atoms with Crippen LogP contribution in [0.5, 0.6) is 5.75 Å². The van der Waals surface area contributed by atoms with Crippen LogP contribution in [0.2, 0.25) is 0 Å². The second-order valence-electron chi connectivity index (χ2n) is 6.24. The van der Waals surface area contributed by atoms with Crippen molar-refractivity contribution >= 4 is 39.3 Å². The molecule has 0 fully saturated rings. The maximum absolute atomic E-state index is 13.9. The number of anilines is 1. The van der Waals surface area contributed by atoms with Gasteiger partial charge in [-0.05, 0) is 44.2 Å². The number of halogens is 3. The van der Waals surface area contributed by atoms with Crippen molar-refractivity contribution in [2.45, 2.75) is 31.7 Å². The molecule has 0 saturated carbocycles. The molecule has 1 unspecified atom stereocenters. The van der Waals surface area contributed by atoms with E-state index in [4.69, 9.17) is 4.74 Å². The lowest BCUT2D eigenvalue weighted by molar-refractivity contribution is -0.113. The van der Waals surface area contributed by atoms with E-state index in [1.807, 2.05) is 6.92 Å². The smallest absolute Gasteiger partial charge is 0.234 e. The van der Waals surface area contributed by atoms with Crippen LogP contribution in [0.25, 0.3) is 0 Å². The highest BCUT2D eigenvalue weighted by molar-refractivity contribution is 9.10. The molecule has 3 aromatic rings.